The Kier molecular flexibility index (Phi) is 19.1. The van der Waals surface area contributed by atoms with Crippen molar-refractivity contribution in [3.8, 4) is 0 Å². The topological polar surface area (TPSA) is 69.2 Å². The van der Waals surface area contributed by atoms with Crippen LogP contribution in [-0.2, 0) is 26.2 Å². The second-order valence-corrected chi connectivity index (χ2v) is 7.02. The Morgan fingerprint density at radius 1 is 0.571 bits per heavy atom. The molecular formula is C17H28O3Zr-4. The van der Waals surface area contributed by atoms with Crippen molar-refractivity contribution in [1.82, 2.24) is 0 Å². The van der Waals surface area contributed by atoms with Crippen molar-refractivity contribution in [2.24, 2.45) is 0 Å². The third kappa shape index (κ3) is 252. The number of rotatable bonds is 0. The van der Waals surface area contributed by atoms with Crippen molar-refractivity contribution in [3.05, 3.63) is 30.3 Å². The van der Waals surface area contributed by atoms with Gasteiger partial charge in [-0.1, -0.05) is 62.3 Å². The first-order valence-electron chi connectivity index (χ1n) is 6.44. The standard InChI is InChI=1S/C5H.3C4H9O.Zr/c1-2-4-5-3-1;3*1-4(2,3)5;/h1H;3*1-3H3;/q-5;3*-1;+4. The molecule has 0 N–H and O–H groups in total. The Morgan fingerprint density at radius 3 is 0.762 bits per heavy atom. The Balaban J connectivity index is -0.0000000903. The Hall–Kier alpha value is 0.113. The van der Waals surface area contributed by atoms with Crippen LogP contribution in [0.4, 0.5) is 0 Å². The quantitative estimate of drug-likeness (QED) is 0.640. The van der Waals surface area contributed by atoms with Crippen LogP contribution in [0, 0.1) is 24.3 Å². The van der Waals surface area contributed by atoms with Gasteiger partial charge < -0.3 is 45.7 Å². The van der Waals surface area contributed by atoms with Crippen LogP contribution in [0.2, 0.25) is 0 Å². The summed E-state index contributed by atoms with van der Waals surface area (Å²) in [6.07, 6.45) is 0. The van der Waals surface area contributed by atoms with Crippen molar-refractivity contribution in [1.29, 1.82) is 0 Å². The monoisotopic (exact) mass is 370 g/mol. The van der Waals surface area contributed by atoms with Gasteiger partial charge in [0, 0.05) is 0 Å². The van der Waals surface area contributed by atoms with Crippen molar-refractivity contribution >= 4 is 0 Å². The number of hydrogen-bond donors (Lipinski definition) is 0. The maximum absolute atomic E-state index is 10.1. The average molecular weight is 372 g/mol. The molecule has 3 nitrogen and oxygen atoms in total. The summed E-state index contributed by atoms with van der Waals surface area (Å²) in [6.45, 7) is 14.7. The fraction of sp³-hybridized carbons (Fsp3) is 0.706. The molecule has 0 unspecified atom stereocenters. The van der Waals surface area contributed by atoms with Gasteiger partial charge in [0.2, 0.25) is 0 Å². The summed E-state index contributed by atoms with van der Waals surface area (Å²) in [4.78, 5) is 0. The van der Waals surface area contributed by atoms with E-state index >= 15 is 0 Å². The van der Waals surface area contributed by atoms with Gasteiger partial charge in [-0.2, -0.15) is 0 Å². The van der Waals surface area contributed by atoms with Gasteiger partial charge in [0.1, 0.15) is 0 Å². The minimum atomic E-state index is -0.750. The molecule has 122 valence electrons. The van der Waals surface area contributed by atoms with Gasteiger partial charge in [0.25, 0.3) is 0 Å². The van der Waals surface area contributed by atoms with E-state index in [1.165, 1.54) is 0 Å². The normalized spacial score (nSPS) is 10.5. The van der Waals surface area contributed by atoms with Crippen LogP contribution in [0.5, 0.6) is 0 Å². The molecule has 4 heteroatoms. The predicted octanol–water partition coefficient (Wildman–Crippen LogP) is 1.04. The summed E-state index contributed by atoms with van der Waals surface area (Å²) in [5.74, 6) is 0. The summed E-state index contributed by atoms with van der Waals surface area (Å²) < 4.78 is 0. The average Bonchev–Trinajstić information content (AvgIpc) is 2.45. The molecule has 0 atom stereocenters. The minimum absolute atomic E-state index is 0. The largest absolute Gasteiger partial charge is 4.00 e. The van der Waals surface area contributed by atoms with Crippen LogP contribution < -0.4 is 15.3 Å². The first-order valence-corrected chi connectivity index (χ1v) is 6.44. The summed E-state index contributed by atoms with van der Waals surface area (Å²) in [6, 6.07) is 12.0. The maximum Gasteiger partial charge on any atom is 4.00 e. The summed E-state index contributed by atoms with van der Waals surface area (Å²) in [5, 5.41) is 30.3. The fourth-order valence-electron chi connectivity index (χ4n) is 0.180. The maximum atomic E-state index is 10.1. The van der Waals surface area contributed by atoms with E-state index in [0.717, 1.165) is 0 Å². The first kappa shape index (κ1) is 29.2. The van der Waals surface area contributed by atoms with Crippen molar-refractivity contribution in [2.45, 2.75) is 79.1 Å². The molecule has 0 bridgehead atoms. The predicted molar refractivity (Wildman–Crippen MR) is 76.6 cm³/mol. The molecule has 0 amide bonds. The Bertz CT molecular complexity index is 211. The van der Waals surface area contributed by atoms with Gasteiger partial charge in [-0.05, 0) is 0 Å². The summed E-state index contributed by atoms with van der Waals surface area (Å²) in [7, 11) is 0. The van der Waals surface area contributed by atoms with E-state index in [1.807, 2.05) is 0 Å². The van der Waals surface area contributed by atoms with Gasteiger partial charge in [-0.3, -0.25) is 0 Å². The smallest absolute Gasteiger partial charge is 0.999 e. The Labute approximate surface area is 150 Å². The minimum Gasteiger partial charge on any atom is -0.999 e. The molecule has 21 heavy (non-hydrogen) atoms. The van der Waals surface area contributed by atoms with Crippen LogP contribution >= 0.6 is 0 Å². The molecule has 1 aromatic carbocycles. The van der Waals surface area contributed by atoms with Gasteiger partial charge in [0.05, 0.1) is 0 Å². The molecular weight excluding hydrogens is 343 g/mol. The first-order chi connectivity index (χ1) is 8.50. The molecule has 0 saturated heterocycles. The van der Waals surface area contributed by atoms with E-state index in [-0.39, 0.29) is 26.2 Å². The fourth-order valence-corrected chi connectivity index (χ4v) is 0.180. The molecule has 1 rings (SSSR count). The van der Waals surface area contributed by atoms with Gasteiger partial charge in [-0.15, -0.1) is 16.8 Å². The van der Waals surface area contributed by atoms with Crippen LogP contribution in [0.1, 0.15) is 62.3 Å². The molecule has 0 saturated carbocycles. The third-order valence-electron chi connectivity index (χ3n) is 0.351. The van der Waals surface area contributed by atoms with E-state index in [4.69, 9.17) is 0 Å². The zero-order chi connectivity index (χ0) is 17.0. The molecule has 0 fully saturated rings. The zero-order valence-electron chi connectivity index (χ0n) is 14.8. The van der Waals surface area contributed by atoms with Crippen LogP contribution in [0.3, 0.4) is 0 Å². The Morgan fingerprint density at radius 2 is 0.714 bits per heavy atom. The molecule has 0 aromatic heterocycles. The molecule has 0 spiro atoms. The molecule has 0 aliphatic heterocycles. The van der Waals surface area contributed by atoms with E-state index in [1.54, 1.807) is 68.4 Å². The summed E-state index contributed by atoms with van der Waals surface area (Å²) >= 11 is 0. The van der Waals surface area contributed by atoms with Crippen LogP contribution in [0.25, 0.3) is 0 Å². The van der Waals surface area contributed by atoms with Crippen LogP contribution in [0.15, 0.2) is 6.07 Å². The van der Waals surface area contributed by atoms with E-state index in [0.29, 0.717) is 0 Å². The third-order valence-corrected chi connectivity index (χ3v) is 0.351. The van der Waals surface area contributed by atoms with Crippen molar-refractivity contribution in [2.75, 3.05) is 0 Å². The molecule has 0 heterocycles. The van der Waals surface area contributed by atoms with E-state index in [2.05, 4.69) is 24.3 Å². The summed E-state index contributed by atoms with van der Waals surface area (Å²) in [5.41, 5.74) is -2.25. The molecule has 0 aliphatic rings. The van der Waals surface area contributed by atoms with Gasteiger partial charge >= 0.3 is 26.2 Å². The zero-order valence-corrected chi connectivity index (χ0v) is 17.3. The van der Waals surface area contributed by atoms with Crippen molar-refractivity contribution in [3.63, 3.8) is 0 Å². The van der Waals surface area contributed by atoms with Crippen LogP contribution in [-0.4, -0.2) is 16.8 Å². The number of hydrogen-bond acceptors (Lipinski definition) is 3. The molecule has 0 aliphatic carbocycles. The van der Waals surface area contributed by atoms with Gasteiger partial charge in [0.15, 0.2) is 0 Å². The van der Waals surface area contributed by atoms with E-state index < -0.39 is 16.8 Å². The van der Waals surface area contributed by atoms with Gasteiger partial charge in [-0.25, -0.2) is 0 Å². The van der Waals surface area contributed by atoms with Crippen molar-refractivity contribution < 1.29 is 41.5 Å². The molecule has 0 radical (unpaired) electrons. The molecule has 1 aromatic rings. The SMILES string of the molecule is CC(C)(C)[O-].CC(C)(C)[O-].CC(C)(C)[O-].[Zr+4].[c-]1[c-][c-][cH-][c-]1. The second kappa shape index (κ2) is 13.8. The second-order valence-electron chi connectivity index (χ2n) is 7.02. The van der Waals surface area contributed by atoms with E-state index in [9.17, 15) is 15.3 Å².